The number of rotatable bonds is 18. The van der Waals surface area contributed by atoms with E-state index in [1.807, 2.05) is 71.1 Å². The lowest BCUT2D eigenvalue weighted by Gasteiger charge is -2.69. The summed E-state index contributed by atoms with van der Waals surface area (Å²) in [6.45, 7) is 8.11. The van der Waals surface area contributed by atoms with Gasteiger partial charge in [-0.05, 0) is 110 Å². The molecular formula is C49H61N7O10S. The highest BCUT2D eigenvalue weighted by atomic mass is 32.1. The van der Waals surface area contributed by atoms with Crippen molar-refractivity contribution in [2.24, 2.45) is 16.2 Å². The van der Waals surface area contributed by atoms with Crippen LogP contribution in [-0.2, 0) is 24.2 Å². The van der Waals surface area contributed by atoms with Crippen LogP contribution in [0.15, 0.2) is 60.8 Å². The summed E-state index contributed by atoms with van der Waals surface area (Å²) < 4.78 is 9.80. The van der Waals surface area contributed by atoms with Crippen LogP contribution in [0.2, 0.25) is 0 Å². The zero-order valence-electron chi connectivity index (χ0n) is 38.1. The Morgan fingerprint density at radius 2 is 1.61 bits per heavy atom. The molecule has 358 valence electrons. The molecule has 3 aromatic heterocycles. The van der Waals surface area contributed by atoms with Gasteiger partial charge in [-0.1, -0.05) is 49.4 Å². The molecule has 0 spiro atoms. The number of pyridine rings is 1. The Kier molecular flexibility index (Phi) is 12.8. The molecule has 10 rings (SSSR count). The fourth-order valence-electron chi connectivity index (χ4n) is 12.9. The lowest BCUT2D eigenvalue weighted by Crippen LogP contribution is -2.64. The van der Waals surface area contributed by atoms with Crippen molar-refractivity contribution in [3.8, 4) is 11.1 Å². The molecule has 2 aromatic carbocycles. The number of amides is 1. The number of carboxylic acid groups (broad SMARTS) is 1. The van der Waals surface area contributed by atoms with Gasteiger partial charge in [0.05, 0.1) is 41.3 Å². The van der Waals surface area contributed by atoms with Gasteiger partial charge in [-0.15, -0.1) is 0 Å². The number of benzene rings is 2. The first kappa shape index (κ1) is 47.2. The summed E-state index contributed by atoms with van der Waals surface area (Å²) in [4.78, 5) is 38.0. The van der Waals surface area contributed by atoms with Crippen LogP contribution in [0.5, 0.6) is 0 Å². The van der Waals surface area contributed by atoms with Crippen molar-refractivity contribution in [1.82, 2.24) is 25.1 Å². The molecule has 5 aliphatic rings. The zero-order valence-corrected chi connectivity index (χ0v) is 38.9. The molecule has 7 atom stereocenters. The number of ether oxygens (including phenoxy) is 1. The van der Waals surface area contributed by atoms with Crippen molar-refractivity contribution in [1.29, 1.82) is 0 Å². The van der Waals surface area contributed by atoms with Crippen LogP contribution < -0.4 is 15.5 Å². The SMILES string of the molecule is Cc1c(-c2ccc(N3CCc4cccc(C(=O)Nc5nc6ccccc6s5)c4C3)nc2C(=O)O)cnn1CC12CC3(C)CC(C)(C1)CC(OCCNCC(O)C(O)C(O)C(O)C(O)CO)(C3)C2. The topological polar surface area (TPSA) is 256 Å². The maximum atomic E-state index is 13.7. The van der Waals surface area contributed by atoms with E-state index in [4.69, 9.17) is 19.9 Å². The number of anilines is 2. The van der Waals surface area contributed by atoms with E-state index < -0.39 is 43.1 Å². The standard InChI is InChI=1S/C49H61N7O10S/c1-28-32(30-11-12-38(53-39(30)44(64)65)55-15-13-29-7-6-8-31(33(29)19-55)43(63)54-45-52-34-9-4-5-10-37(34)67-45)17-51-56(28)27-48-22-46(2)21-47(3,23-48)25-49(24-46,26-48)66-16-14-50-18-35(58)40(60)42(62)41(61)36(59)20-57/h4-12,17,35-36,40-42,50,57-62H,13-16,18-27H2,1-3H3,(H,64,65)(H,52,54,63). The van der Waals surface area contributed by atoms with E-state index in [2.05, 4.69) is 29.5 Å². The first-order valence-corrected chi connectivity index (χ1v) is 23.9. The number of thiazole rings is 1. The van der Waals surface area contributed by atoms with Crippen molar-refractivity contribution >= 4 is 44.4 Å². The highest BCUT2D eigenvalue weighted by Crippen LogP contribution is 2.72. The first-order chi connectivity index (χ1) is 31.9. The fourth-order valence-corrected chi connectivity index (χ4v) is 13.8. The zero-order chi connectivity index (χ0) is 47.5. The molecule has 18 heteroatoms. The molecule has 4 bridgehead atoms. The summed E-state index contributed by atoms with van der Waals surface area (Å²) in [5, 5.41) is 81.6. The number of aromatic carboxylic acids is 1. The van der Waals surface area contributed by atoms with Gasteiger partial charge in [-0.3, -0.25) is 14.8 Å². The Morgan fingerprint density at radius 1 is 0.866 bits per heavy atom. The Labute approximate surface area is 392 Å². The first-order valence-electron chi connectivity index (χ1n) is 23.1. The number of nitrogens with zero attached hydrogens (tertiary/aromatic N) is 5. The molecule has 0 radical (unpaired) electrons. The fraction of sp³-hybridized carbons (Fsp3) is 0.531. The molecule has 9 N–H and O–H groups in total. The highest BCUT2D eigenvalue weighted by molar-refractivity contribution is 7.22. The van der Waals surface area contributed by atoms with Crippen molar-refractivity contribution in [2.45, 2.75) is 115 Å². The van der Waals surface area contributed by atoms with Gasteiger partial charge in [0, 0.05) is 55.1 Å². The maximum Gasteiger partial charge on any atom is 0.355 e. The van der Waals surface area contributed by atoms with Gasteiger partial charge < -0.3 is 50.7 Å². The molecule has 17 nitrogen and oxygen atoms in total. The summed E-state index contributed by atoms with van der Waals surface area (Å²) >= 11 is 1.42. The number of hydrogen-bond donors (Lipinski definition) is 9. The number of nitrogens with one attached hydrogen (secondary N) is 2. The third-order valence-electron chi connectivity index (χ3n) is 14.7. The van der Waals surface area contributed by atoms with Crippen molar-refractivity contribution in [3.63, 3.8) is 0 Å². The van der Waals surface area contributed by atoms with Crippen LogP contribution in [0.25, 0.3) is 21.3 Å². The molecular weight excluding hydrogens is 879 g/mol. The molecule has 7 unspecified atom stereocenters. The van der Waals surface area contributed by atoms with E-state index in [1.165, 1.54) is 11.3 Å². The van der Waals surface area contributed by atoms with Crippen molar-refractivity contribution in [2.75, 3.05) is 43.1 Å². The number of aromatic nitrogens is 4. The second-order valence-corrected chi connectivity index (χ2v) is 21.5. The lowest BCUT2D eigenvalue weighted by molar-refractivity contribution is -0.247. The average Bonchev–Trinajstić information content (AvgIpc) is 3.86. The van der Waals surface area contributed by atoms with Crippen molar-refractivity contribution in [3.05, 3.63) is 88.9 Å². The van der Waals surface area contributed by atoms with Gasteiger partial charge in [0.25, 0.3) is 5.91 Å². The predicted octanol–water partition coefficient (Wildman–Crippen LogP) is 3.90. The molecule has 5 aromatic rings. The summed E-state index contributed by atoms with van der Waals surface area (Å²) in [6.07, 6.45) is -0.353. The van der Waals surface area contributed by atoms with Crippen molar-refractivity contribution < 1.29 is 50.1 Å². The number of hydrogen-bond acceptors (Lipinski definition) is 15. The van der Waals surface area contributed by atoms with Gasteiger partial charge in [0.1, 0.15) is 30.2 Å². The Balaban J connectivity index is 0.876. The van der Waals surface area contributed by atoms with Crippen LogP contribution in [0, 0.1) is 23.2 Å². The van der Waals surface area contributed by atoms with Gasteiger partial charge in [-0.2, -0.15) is 5.10 Å². The normalized spacial score (nSPS) is 26.6. The third-order valence-corrected chi connectivity index (χ3v) is 15.6. The number of carbonyl (C=O) groups is 2. The Morgan fingerprint density at radius 3 is 2.34 bits per heavy atom. The van der Waals surface area contributed by atoms with E-state index in [1.54, 1.807) is 6.20 Å². The minimum Gasteiger partial charge on any atom is -0.476 e. The number of aliphatic hydroxyl groups is 6. The van der Waals surface area contributed by atoms with Crippen LogP contribution >= 0.6 is 11.3 Å². The Bertz CT molecular complexity index is 2600. The molecule has 4 saturated carbocycles. The van der Waals surface area contributed by atoms with Crippen LogP contribution in [0.1, 0.15) is 90.0 Å². The van der Waals surface area contributed by atoms with Gasteiger partial charge in [0.2, 0.25) is 0 Å². The number of carboxylic acids is 1. The lowest BCUT2D eigenvalue weighted by atomic mass is 9.39. The third kappa shape index (κ3) is 9.35. The van der Waals surface area contributed by atoms with Gasteiger partial charge in [-0.25, -0.2) is 14.8 Å². The van der Waals surface area contributed by atoms with Crippen LogP contribution in [0.4, 0.5) is 10.9 Å². The van der Waals surface area contributed by atoms with E-state index in [9.17, 15) is 40.2 Å². The molecule has 0 saturated heterocycles. The van der Waals surface area contributed by atoms with Crippen LogP contribution in [0.3, 0.4) is 0 Å². The van der Waals surface area contributed by atoms with Gasteiger partial charge in [0.15, 0.2) is 10.8 Å². The monoisotopic (exact) mass is 939 g/mol. The Hall–Kier alpha value is -4.89. The quantitative estimate of drug-likeness (QED) is 0.0565. The molecule has 4 aliphatic carbocycles. The smallest absolute Gasteiger partial charge is 0.355 e. The number of carbonyl (C=O) groups excluding carboxylic acids is 1. The van der Waals surface area contributed by atoms with E-state index in [-0.39, 0.29) is 40.0 Å². The second kappa shape index (κ2) is 18.2. The molecule has 1 amide bonds. The molecule has 1 aliphatic heterocycles. The molecule has 4 heterocycles. The summed E-state index contributed by atoms with van der Waals surface area (Å²) in [6, 6.07) is 17.1. The molecule has 4 fully saturated rings. The summed E-state index contributed by atoms with van der Waals surface area (Å²) in [7, 11) is 0. The van der Waals surface area contributed by atoms with Crippen LogP contribution in [-0.4, -0.2) is 136 Å². The van der Waals surface area contributed by atoms with E-state index in [0.29, 0.717) is 66.8 Å². The summed E-state index contributed by atoms with van der Waals surface area (Å²) in [5.74, 6) is -0.886. The number of fused-ring (bicyclic) bond motifs is 2. The predicted molar refractivity (Wildman–Crippen MR) is 251 cm³/mol. The second-order valence-electron chi connectivity index (χ2n) is 20.4. The number of para-hydroxylation sites is 1. The van der Waals surface area contributed by atoms with Gasteiger partial charge >= 0.3 is 5.97 Å². The minimum absolute atomic E-state index is 0.0450. The maximum absolute atomic E-state index is 13.7. The average molecular weight is 940 g/mol. The number of aliphatic hydroxyl groups excluding tert-OH is 6. The summed E-state index contributed by atoms with van der Waals surface area (Å²) in [5.41, 5.74) is 4.84. The van der Waals surface area contributed by atoms with E-state index >= 15 is 0 Å². The molecule has 67 heavy (non-hydrogen) atoms. The highest BCUT2D eigenvalue weighted by Gasteiger charge is 2.66. The van der Waals surface area contributed by atoms with E-state index in [0.717, 1.165) is 65.6 Å². The largest absolute Gasteiger partial charge is 0.476 e. The minimum atomic E-state index is -1.86.